The molecule has 5 nitrogen and oxygen atoms in total. The van der Waals surface area contributed by atoms with Crippen molar-refractivity contribution in [3.8, 4) is 11.1 Å². The van der Waals surface area contributed by atoms with Crippen LogP contribution in [0.5, 0.6) is 0 Å². The fourth-order valence-electron chi connectivity index (χ4n) is 5.72. The van der Waals surface area contributed by atoms with Gasteiger partial charge in [-0.2, -0.15) is 0 Å². The smallest absolute Gasteiger partial charge is 0.407 e. The third-order valence-electron chi connectivity index (χ3n) is 7.27. The number of fused-ring (bicyclic) bond motifs is 1. The Labute approximate surface area is 199 Å². The number of amides is 1. The monoisotopic (exact) mass is 459 g/mol. The largest absolute Gasteiger partial charge is 0.450 e. The van der Waals surface area contributed by atoms with E-state index in [1.165, 1.54) is 23.4 Å². The Bertz CT molecular complexity index is 1140. The lowest BCUT2D eigenvalue weighted by Gasteiger charge is -2.43. The minimum absolute atomic E-state index is 0.173. The standard InChI is InChI=1S/C28H30FN3O2/c1-2-34-28(33)32-24-9-10-25-21(16-24)14-19-12-13-30-27(19)26(25)11-8-23-7-6-20(17-31-23)18-4-3-5-22(29)15-18/h3-8,11,13,15,17,21,24-26H,2,9-10,12,14,16H2,1H3,(H,32,33)/b11-8+/t21-,24-,25-,26+/m1/s1. The molecule has 2 aliphatic carbocycles. The molecular weight excluding hydrogens is 429 g/mol. The summed E-state index contributed by atoms with van der Waals surface area (Å²) in [5, 5.41) is 3.05. The average Bonchev–Trinajstić information content (AvgIpc) is 3.30. The minimum Gasteiger partial charge on any atom is -0.450 e. The van der Waals surface area contributed by atoms with Crippen molar-refractivity contribution in [3.63, 3.8) is 0 Å². The first-order valence-corrected chi connectivity index (χ1v) is 12.2. The van der Waals surface area contributed by atoms with E-state index < -0.39 is 0 Å². The molecule has 1 aromatic heterocycles. The highest BCUT2D eigenvalue weighted by molar-refractivity contribution is 5.69. The molecule has 34 heavy (non-hydrogen) atoms. The molecule has 1 aromatic carbocycles. The van der Waals surface area contributed by atoms with Crippen molar-refractivity contribution >= 4 is 18.4 Å². The predicted octanol–water partition coefficient (Wildman–Crippen LogP) is 6.18. The molecule has 1 aliphatic heterocycles. The second kappa shape index (κ2) is 9.92. The van der Waals surface area contributed by atoms with Crippen LogP contribution in [0.15, 0.2) is 64.9 Å². The van der Waals surface area contributed by atoms with Crippen molar-refractivity contribution in [1.82, 2.24) is 10.3 Å². The molecule has 1 amide bonds. The van der Waals surface area contributed by atoms with Gasteiger partial charge in [0.05, 0.1) is 12.3 Å². The van der Waals surface area contributed by atoms with Gasteiger partial charge in [0.2, 0.25) is 0 Å². The van der Waals surface area contributed by atoms with Crippen LogP contribution in [0.3, 0.4) is 0 Å². The number of alkyl carbamates (subject to hydrolysis) is 1. The van der Waals surface area contributed by atoms with Gasteiger partial charge in [-0.3, -0.25) is 9.98 Å². The molecule has 4 atom stereocenters. The highest BCUT2D eigenvalue weighted by Crippen LogP contribution is 2.49. The summed E-state index contributed by atoms with van der Waals surface area (Å²) in [5.74, 6) is 1.05. The van der Waals surface area contributed by atoms with Crippen LogP contribution in [0.25, 0.3) is 17.2 Å². The Kier molecular flexibility index (Phi) is 6.57. The number of carbonyl (C=O) groups is 1. The molecule has 1 saturated carbocycles. The SMILES string of the molecule is CCOC(=O)N[C@@H]1CC[C@@H]2[C@H](CC3=C(N=CC3)[C@H]2/C=C/c2ccc(-c3cccc(F)c3)cn2)C1. The van der Waals surface area contributed by atoms with E-state index in [1.807, 2.05) is 31.3 Å². The summed E-state index contributed by atoms with van der Waals surface area (Å²) in [5.41, 5.74) is 5.26. The van der Waals surface area contributed by atoms with Crippen molar-refractivity contribution < 1.29 is 13.9 Å². The van der Waals surface area contributed by atoms with Crippen LogP contribution < -0.4 is 5.32 Å². The molecule has 0 radical (unpaired) electrons. The number of aliphatic imine (C=N–C) groups is 1. The lowest BCUT2D eigenvalue weighted by atomic mass is 9.64. The summed E-state index contributed by atoms with van der Waals surface area (Å²) in [6.45, 7) is 2.22. The van der Waals surface area contributed by atoms with E-state index in [0.717, 1.165) is 48.9 Å². The van der Waals surface area contributed by atoms with Gasteiger partial charge < -0.3 is 10.1 Å². The first-order valence-electron chi connectivity index (χ1n) is 12.2. The number of aromatic nitrogens is 1. The van der Waals surface area contributed by atoms with Crippen LogP contribution >= 0.6 is 0 Å². The zero-order chi connectivity index (χ0) is 23.5. The molecule has 0 unspecified atom stereocenters. The number of nitrogens with zero attached hydrogens (tertiary/aromatic N) is 2. The predicted molar refractivity (Wildman–Crippen MR) is 132 cm³/mol. The first kappa shape index (κ1) is 22.5. The molecular formula is C28H30FN3O2. The van der Waals surface area contributed by atoms with Gasteiger partial charge in [-0.25, -0.2) is 9.18 Å². The lowest BCUT2D eigenvalue weighted by Crippen LogP contribution is -2.43. The number of hydrogen-bond donors (Lipinski definition) is 1. The Hall–Kier alpha value is -3.28. The van der Waals surface area contributed by atoms with E-state index in [4.69, 9.17) is 9.73 Å². The highest BCUT2D eigenvalue weighted by Gasteiger charge is 2.41. The van der Waals surface area contributed by atoms with E-state index in [1.54, 1.807) is 12.3 Å². The molecule has 0 saturated heterocycles. The maximum Gasteiger partial charge on any atom is 0.407 e. The zero-order valence-electron chi connectivity index (χ0n) is 19.4. The fraction of sp³-hybridized carbons (Fsp3) is 0.393. The van der Waals surface area contributed by atoms with Gasteiger partial charge in [-0.05, 0) is 79.9 Å². The van der Waals surface area contributed by atoms with E-state index in [0.29, 0.717) is 18.4 Å². The normalized spacial score (nSPS) is 25.8. The Balaban J connectivity index is 1.31. The van der Waals surface area contributed by atoms with Crippen molar-refractivity contribution in [2.75, 3.05) is 6.61 Å². The highest BCUT2D eigenvalue weighted by atomic mass is 19.1. The summed E-state index contributed by atoms with van der Waals surface area (Å²) in [4.78, 5) is 21.3. The third-order valence-corrected chi connectivity index (χ3v) is 7.27. The Morgan fingerprint density at radius 2 is 2.15 bits per heavy atom. The summed E-state index contributed by atoms with van der Waals surface area (Å²) < 4.78 is 18.6. The molecule has 2 aromatic rings. The average molecular weight is 460 g/mol. The Morgan fingerprint density at radius 3 is 2.94 bits per heavy atom. The van der Waals surface area contributed by atoms with Crippen LogP contribution in [0, 0.1) is 23.6 Å². The fourth-order valence-corrected chi connectivity index (χ4v) is 5.72. The molecule has 1 fully saturated rings. The number of nitrogens with one attached hydrogen (secondary N) is 1. The molecule has 6 heteroatoms. The number of pyridine rings is 1. The van der Waals surface area contributed by atoms with Crippen molar-refractivity contribution in [2.24, 2.45) is 22.7 Å². The first-order chi connectivity index (χ1) is 16.6. The van der Waals surface area contributed by atoms with Gasteiger partial charge >= 0.3 is 6.09 Å². The summed E-state index contributed by atoms with van der Waals surface area (Å²) in [6.07, 6.45) is 12.8. The second-order valence-corrected chi connectivity index (χ2v) is 9.37. The molecule has 2 heterocycles. The molecule has 5 rings (SSSR count). The second-order valence-electron chi connectivity index (χ2n) is 9.37. The molecule has 0 bridgehead atoms. The summed E-state index contributed by atoms with van der Waals surface area (Å²) in [7, 11) is 0. The topological polar surface area (TPSA) is 63.6 Å². The number of hydrogen-bond acceptors (Lipinski definition) is 4. The van der Waals surface area contributed by atoms with E-state index in [9.17, 15) is 9.18 Å². The van der Waals surface area contributed by atoms with Crippen LogP contribution in [-0.4, -0.2) is 29.9 Å². The van der Waals surface area contributed by atoms with Gasteiger partial charge in [0.15, 0.2) is 0 Å². The summed E-state index contributed by atoms with van der Waals surface area (Å²) in [6, 6.07) is 10.7. The number of benzene rings is 1. The number of allylic oxidation sites excluding steroid dienone is 2. The third kappa shape index (κ3) is 4.81. The van der Waals surface area contributed by atoms with Gasteiger partial charge in [-0.15, -0.1) is 0 Å². The van der Waals surface area contributed by atoms with Crippen LogP contribution in [0.2, 0.25) is 0 Å². The number of halogens is 1. The van der Waals surface area contributed by atoms with Gasteiger partial charge in [-0.1, -0.05) is 24.3 Å². The molecule has 1 N–H and O–H groups in total. The Morgan fingerprint density at radius 1 is 1.24 bits per heavy atom. The number of ether oxygens (including phenoxy) is 1. The molecule has 176 valence electrons. The zero-order valence-corrected chi connectivity index (χ0v) is 19.4. The van der Waals surface area contributed by atoms with Crippen LogP contribution in [-0.2, 0) is 4.74 Å². The number of rotatable bonds is 5. The van der Waals surface area contributed by atoms with Gasteiger partial charge in [0.1, 0.15) is 5.82 Å². The van der Waals surface area contributed by atoms with Gasteiger partial charge in [0.25, 0.3) is 0 Å². The van der Waals surface area contributed by atoms with Crippen molar-refractivity contribution in [2.45, 2.75) is 45.1 Å². The van der Waals surface area contributed by atoms with Gasteiger partial charge in [0, 0.05) is 42.1 Å². The van der Waals surface area contributed by atoms with Crippen LogP contribution in [0.1, 0.15) is 44.7 Å². The van der Waals surface area contributed by atoms with Crippen LogP contribution in [0.4, 0.5) is 9.18 Å². The molecule has 0 spiro atoms. The van der Waals surface area contributed by atoms with Crippen molar-refractivity contribution in [1.29, 1.82) is 0 Å². The maximum absolute atomic E-state index is 13.5. The quantitative estimate of drug-likeness (QED) is 0.581. The van der Waals surface area contributed by atoms with Crippen molar-refractivity contribution in [3.05, 3.63) is 71.5 Å². The lowest BCUT2D eigenvalue weighted by molar-refractivity contribution is 0.125. The summed E-state index contributed by atoms with van der Waals surface area (Å²) >= 11 is 0. The van der Waals surface area contributed by atoms with E-state index in [-0.39, 0.29) is 23.9 Å². The minimum atomic E-state index is -0.310. The maximum atomic E-state index is 13.5. The number of carbonyl (C=O) groups excluding carboxylic acids is 1. The molecule has 3 aliphatic rings. The van der Waals surface area contributed by atoms with E-state index >= 15 is 0 Å². The van der Waals surface area contributed by atoms with E-state index in [2.05, 4.69) is 22.5 Å².